The quantitative estimate of drug-likeness (QED) is 0.570. The zero-order chi connectivity index (χ0) is 20.8. The minimum Gasteiger partial charge on any atom is -0.378 e. The molecule has 0 aliphatic carbocycles. The zero-order valence-electron chi connectivity index (χ0n) is 16.4. The standard InChI is InChI=1S/C21H24ClFN4O2/c1-27(2)16-6-3-5-14(11-16)20(28)26-21(24-13-17-7-4-10-29-17)25-15-8-9-19(23)18(22)12-15/h3,5-6,8-9,11-12,17H,4,7,10,13H2,1-2H3,(H2,24,25,26,28)/t17-/m1/s1. The molecule has 2 N–H and O–H groups in total. The number of hydrogen-bond donors (Lipinski definition) is 2. The van der Waals surface area contributed by atoms with Gasteiger partial charge in [-0.05, 0) is 49.2 Å². The van der Waals surface area contributed by atoms with Gasteiger partial charge in [0.2, 0.25) is 5.96 Å². The van der Waals surface area contributed by atoms with E-state index in [0.717, 1.165) is 25.1 Å². The first kappa shape index (κ1) is 21.1. The second-order valence-corrected chi connectivity index (χ2v) is 7.38. The van der Waals surface area contributed by atoms with Crippen molar-refractivity contribution in [3.63, 3.8) is 0 Å². The van der Waals surface area contributed by atoms with Crippen molar-refractivity contribution in [3.05, 3.63) is 58.9 Å². The highest BCUT2D eigenvalue weighted by Gasteiger charge is 2.16. The molecular formula is C21H24ClFN4O2. The van der Waals surface area contributed by atoms with Gasteiger partial charge in [-0.2, -0.15) is 0 Å². The second-order valence-electron chi connectivity index (χ2n) is 6.98. The van der Waals surface area contributed by atoms with Crippen molar-refractivity contribution in [2.45, 2.75) is 18.9 Å². The predicted molar refractivity (Wildman–Crippen MR) is 115 cm³/mol. The number of halogens is 2. The number of amides is 1. The molecule has 1 saturated heterocycles. The van der Waals surface area contributed by atoms with Gasteiger partial charge >= 0.3 is 0 Å². The van der Waals surface area contributed by atoms with E-state index in [1.807, 2.05) is 31.1 Å². The van der Waals surface area contributed by atoms with Crippen molar-refractivity contribution in [1.82, 2.24) is 5.32 Å². The minimum atomic E-state index is -0.514. The number of anilines is 2. The maximum atomic E-state index is 13.4. The average molecular weight is 419 g/mol. The Morgan fingerprint density at radius 2 is 2.14 bits per heavy atom. The van der Waals surface area contributed by atoms with E-state index in [4.69, 9.17) is 16.3 Å². The lowest BCUT2D eigenvalue weighted by Gasteiger charge is -2.15. The third kappa shape index (κ3) is 5.92. The van der Waals surface area contributed by atoms with Crippen LogP contribution in [-0.4, -0.2) is 45.2 Å². The predicted octanol–water partition coefficient (Wildman–Crippen LogP) is 3.92. The number of carbonyl (C=O) groups is 1. The Bertz CT molecular complexity index is 898. The molecule has 0 aromatic heterocycles. The summed E-state index contributed by atoms with van der Waals surface area (Å²) in [6.45, 7) is 1.13. The molecule has 1 atom stereocenters. The van der Waals surface area contributed by atoms with Gasteiger partial charge in [-0.1, -0.05) is 17.7 Å². The van der Waals surface area contributed by atoms with Crippen molar-refractivity contribution in [1.29, 1.82) is 0 Å². The number of benzene rings is 2. The maximum absolute atomic E-state index is 13.4. The van der Waals surface area contributed by atoms with E-state index in [-0.39, 0.29) is 23.0 Å². The normalized spacial score (nSPS) is 16.6. The molecule has 0 radical (unpaired) electrons. The van der Waals surface area contributed by atoms with Crippen LogP contribution in [0, 0.1) is 5.82 Å². The van der Waals surface area contributed by atoms with Crippen LogP contribution in [0.3, 0.4) is 0 Å². The van der Waals surface area contributed by atoms with E-state index in [2.05, 4.69) is 15.6 Å². The SMILES string of the molecule is CN(C)c1cccc(C(=O)NC(=NC[C@H]2CCCO2)Nc2ccc(F)c(Cl)c2)c1. The Hall–Kier alpha value is -2.64. The summed E-state index contributed by atoms with van der Waals surface area (Å²) in [6, 6.07) is 11.5. The molecule has 1 heterocycles. The zero-order valence-corrected chi connectivity index (χ0v) is 17.2. The summed E-state index contributed by atoms with van der Waals surface area (Å²) in [5, 5.41) is 5.79. The summed E-state index contributed by atoms with van der Waals surface area (Å²) >= 11 is 5.86. The molecule has 29 heavy (non-hydrogen) atoms. The number of nitrogens with one attached hydrogen (secondary N) is 2. The minimum absolute atomic E-state index is 0.0153. The molecule has 3 rings (SSSR count). The van der Waals surface area contributed by atoms with E-state index < -0.39 is 5.82 Å². The number of rotatable bonds is 5. The highest BCUT2D eigenvalue weighted by atomic mass is 35.5. The molecule has 1 amide bonds. The topological polar surface area (TPSA) is 66.0 Å². The number of carbonyl (C=O) groups excluding carboxylic acids is 1. The third-order valence-electron chi connectivity index (χ3n) is 4.52. The van der Waals surface area contributed by atoms with E-state index >= 15 is 0 Å². The van der Waals surface area contributed by atoms with Crippen molar-refractivity contribution < 1.29 is 13.9 Å². The molecular weight excluding hydrogens is 395 g/mol. The molecule has 1 aliphatic heterocycles. The lowest BCUT2D eigenvalue weighted by atomic mass is 10.2. The Morgan fingerprint density at radius 1 is 1.31 bits per heavy atom. The van der Waals surface area contributed by atoms with Crippen LogP contribution in [0.1, 0.15) is 23.2 Å². The molecule has 1 aliphatic rings. The van der Waals surface area contributed by atoms with Gasteiger partial charge < -0.3 is 15.0 Å². The number of guanidine groups is 1. The molecule has 0 bridgehead atoms. The fourth-order valence-corrected chi connectivity index (χ4v) is 3.09. The summed E-state index contributed by atoms with van der Waals surface area (Å²) < 4.78 is 19.0. The fraction of sp³-hybridized carbons (Fsp3) is 0.333. The smallest absolute Gasteiger partial charge is 0.258 e. The molecule has 0 spiro atoms. The summed E-state index contributed by atoms with van der Waals surface area (Å²) in [6.07, 6.45) is 1.95. The molecule has 1 fully saturated rings. The molecule has 6 nitrogen and oxygen atoms in total. The van der Waals surface area contributed by atoms with Crippen LogP contribution >= 0.6 is 11.6 Å². The van der Waals surface area contributed by atoms with Gasteiger partial charge in [0.1, 0.15) is 5.82 Å². The molecule has 0 saturated carbocycles. The molecule has 2 aromatic carbocycles. The lowest BCUT2D eigenvalue weighted by molar-refractivity contribution is 0.0975. The largest absolute Gasteiger partial charge is 0.378 e. The average Bonchev–Trinajstić information content (AvgIpc) is 3.22. The number of aliphatic imine (C=N–C) groups is 1. The summed E-state index contributed by atoms with van der Waals surface area (Å²) in [7, 11) is 3.82. The van der Waals surface area contributed by atoms with E-state index in [1.54, 1.807) is 12.1 Å². The van der Waals surface area contributed by atoms with Gasteiger partial charge in [0.25, 0.3) is 5.91 Å². The first-order valence-corrected chi connectivity index (χ1v) is 9.77. The summed E-state index contributed by atoms with van der Waals surface area (Å²) in [4.78, 5) is 19.2. The highest BCUT2D eigenvalue weighted by molar-refractivity contribution is 6.31. The van der Waals surface area contributed by atoms with Crippen LogP contribution in [-0.2, 0) is 4.74 Å². The van der Waals surface area contributed by atoms with Crippen LogP contribution in [0.2, 0.25) is 5.02 Å². The molecule has 8 heteroatoms. The van der Waals surface area contributed by atoms with Gasteiger partial charge in [-0.15, -0.1) is 0 Å². The van der Waals surface area contributed by atoms with Crippen LogP contribution in [0.4, 0.5) is 15.8 Å². The summed E-state index contributed by atoms with van der Waals surface area (Å²) in [5.74, 6) is -0.566. The Kier molecular flexibility index (Phi) is 7.06. The Labute approximate surface area is 174 Å². The highest BCUT2D eigenvalue weighted by Crippen LogP contribution is 2.20. The van der Waals surface area contributed by atoms with E-state index in [1.165, 1.54) is 18.2 Å². The monoisotopic (exact) mass is 418 g/mol. The first-order valence-electron chi connectivity index (χ1n) is 9.39. The number of nitrogens with zero attached hydrogens (tertiary/aromatic N) is 2. The van der Waals surface area contributed by atoms with Gasteiger partial charge in [-0.3, -0.25) is 10.1 Å². The van der Waals surface area contributed by atoms with E-state index in [0.29, 0.717) is 17.8 Å². The molecule has 154 valence electrons. The van der Waals surface area contributed by atoms with Crippen LogP contribution in [0.15, 0.2) is 47.5 Å². The molecule has 2 aromatic rings. The van der Waals surface area contributed by atoms with Crippen molar-refractivity contribution in [2.24, 2.45) is 4.99 Å². The van der Waals surface area contributed by atoms with E-state index in [9.17, 15) is 9.18 Å². The van der Waals surface area contributed by atoms with Crippen LogP contribution in [0.25, 0.3) is 0 Å². The fourth-order valence-electron chi connectivity index (χ4n) is 2.91. The second kappa shape index (κ2) is 9.71. The van der Waals surface area contributed by atoms with Gasteiger partial charge in [0.05, 0.1) is 17.7 Å². The molecule has 0 unspecified atom stereocenters. The summed E-state index contributed by atoms with van der Waals surface area (Å²) in [5.41, 5.74) is 1.93. The van der Waals surface area contributed by atoms with Crippen molar-refractivity contribution >= 4 is 34.8 Å². The Morgan fingerprint density at radius 3 is 2.83 bits per heavy atom. The third-order valence-corrected chi connectivity index (χ3v) is 4.81. The Balaban J connectivity index is 1.78. The number of ether oxygens (including phenoxy) is 1. The van der Waals surface area contributed by atoms with Crippen molar-refractivity contribution in [3.8, 4) is 0 Å². The maximum Gasteiger partial charge on any atom is 0.258 e. The van der Waals surface area contributed by atoms with Crippen molar-refractivity contribution in [2.75, 3.05) is 37.5 Å². The first-order chi connectivity index (χ1) is 13.9. The van der Waals surface area contributed by atoms with Gasteiger partial charge in [0, 0.05) is 37.6 Å². The number of hydrogen-bond acceptors (Lipinski definition) is 4. The lowest BCUT2D eigenvalue weighted by Crippen LogP contribution is -2.36. The van der Waals surface area contributed by atoms with Gasteiger partial charge in [-0.25, -0.2) is 9.38 Å². The van der Waals surface area contributed by atoms with Crippen LogP contribution in [0.5, 0.6) is 0 Å². The van der Waals surface area contributed by atoms with Gasteiger partial charge in [0.15, 0.2) is 0 Å². The van der Waals surface area contributed by atoms with Crippen LogP contribution < -0.4 is 15.5 Å².